The molecule has 0 fully saturated rings. The van der Waals surface area contributed by atoms with Gasteiger partial charge in [-0.3, -0.25) is 0 Å². The Labute approximate surface area is 219 Å². The number of rotatable bonds is 15. The highest BCUT2D eigenvalue weighted by atomic mass is 127. The van der Waals surface area contributed by atoms with E-state index in [4.69, 9.17) is 0 Å². The van der Waals surface area contributed by atoms with Gasteiger partial charge in [-0.05, 0) is 73.0 Å². The third kappa shape index (κ3) is 9.60. The van der Waals surface area contributed by atoms with Crippen molar-refractivity contribution in [3.63, 3.8) is 0 Å². The van der Waals surface area contributed by atoms with Crippen molar-refractivity contribution in [3.8, 4) is 0 Å². The summed E-state index contributed by atoms with van der Waals surface area (Å²) >= 11 is 8.06. The van der Waals surface area contributed by atoms with Crippen LogP contribution in [0.2, 0.25) is 0 Å². The van der Waals surface area contributed by atoms with E-state index >= 15 is 0 Å². The summed E-state index contributed by atoms with van der Waals surface area (Å²) in [5.74, 6) is 4.00. The van der Waals surface area contributed by atoms with Gasteiger partial charge in [0.25, 0.3) is 0 Å². The molecule has 4 unspecified atom stereocenters. The molecule has 0 N–H and O–H groups in total. The van der Waals surface area contributed by atoms with E-state index in [0.717, 1.165) is 29.6 Å². The van der Waals surface area contributed by atoms with Crippen molar-refractivity contribution in [3.05, 3.63) is 12.2 Å². The predicted octanol–water partition coefficient (Wildman–Crippen LogP) is 10.3. The van der Waals surface area contributed by atoms with Gasteiger partial charge in [-0.1, -0.05) is 141 Å². The van der Waals surface area contributed by atoms with E-state index in [1.165, 1.54) is 54.9 Å². The molecule has 0 rings (SSSR count). The molecule has 0 nitrogen and oxygen atoms in total. The van der Waals surface area contributed by atoms with E-state index in [1.807, 2.05) is 0 Å². The van der Waals surface area contributed by atoms with Crippen molar-refractivity contribution in [1.82, 2.24) is 0 Å². The lowest BCUT2D eigenvalue weighted by Crippen LogP contribution is -2.39. The summed E-state index contributed by atoms with van der Waals surface area (Å²) in [5, 5.41) is 0. The van der Waals surface area contributed by atoms with Gasteiger partial charge >= 0.3 is 0 Å². The summed E-state index contributed by atoms with van der Waals surface area (Å²) in [6.07, 6.45) is 9.20. The van der Waals surface area contributed by atoms with Crippen LogP contribution in [-0.4, -0.2) is 11.3 Å². The summed E-state index contributed by atoms with van der Waals surface area (Å²) < 4.78 is 1.83. The van der Waals surface area contributed by atoms with Crippen LogP contribution in [0.5, 0.6) is 0 Å². The van der Waals surface area contributed by atoms with E-state index in [2.05, 4.69) is 130 Å². The average molecular weight is 728 g/mol. The number of halogens is 3. The van der Waals surface area contributed by atoms with Gasteiger partial charge < -0.3 is 0 Å². The minimum absolute atomic E-state index is 0.216. The maximum atomic E-state index is 4.44. The van der Waals surface area contributed by atoms with Crippen LogP contribution in [0.4, 0.5) is 0 Å². The monoisotopic (exact) mass is 728 g/mol. The Morgan fingerprint density at radius 3 is 1.96 bits per heavy atom. The first-order valence-electron chi connectivity index (χ1n) is 11.5. The quantitative estimate of drug-likeness (QED) is 0.0895. The smallest absolute Gasteiger partial charge is 0.0437 e. The van der Waals surface area contributed by atoms with Gasteiger partial charge in [-0.2, -0.15) is 0 Å². The molecule has 3 heteroatoms. The Bertz CT molecular complexity index is 443. The van der Waals surface area contributed by atoms with Gasteiger partial charge in [0.1, 0.15) is 0 Å². The molecule has 0 radical (unpaired) electrons. The summed E-state index contributed by atoms with van der Waals surface area (Å²) in [6, 6.07) is 0. The molecule has 0 saturated heterocycles. The third-order valence-corrected chi connectivity index (χ3v) is 11.1. The van der Waals surface area contributed by atoms with Crippen molar-refractivity contribution in [2.75, 3.05) is 4.43 Å². The number of alkyl halides is 3. The lowest BCUT2D eigenvalue weighted by atomic mass is 9.73. The highest BCUT2D eigenvalue weighted by Crippen LogP contribution is 2.49. The lowest BCUT2D eigenvalue weighted by molar-refractivity contribution is 0.221. The molecule has 168 valence electrons. The van der Waals surface area contributed by atoms with E-state index in [9.17, 15) is 0 Å². The summed E-state index contributed by atoms with van der Waals surface area (Å²) in [5.41, 5.74) is 1.37. The third-order valence-electron chi connectivity index (χ3n) is 7.28. The summed E-state index contributed by atoms with van der Waals surface area (Å²) in [4.78, 5) is 0. The Morgan fingerprint density at radius 2 is 1.57 bits per heavy atom. The zero-order chi connectivity index (χ0) is 22.1. The van der Waals surface area contributed by atoms with Gasteiger partial charge in [0.2, 0.25) is 0 Å². The van der Waals surface area contributed by atoms with Crippen LogP contribution in [0.15, 0.2) is 12.2 Å². The first kappa shape index (κ1) is 29.9. The number of hydrogen-bond donors (Lipinski definition) is 0. The van der Waals surface area contributed by atoms with Gasteiger partial charge in [0.05, 0.1) is 0 Å². The summed E-state index contributed by atoms with van der Waals surface area (Å²) in [6.45, 7) is 23.7. The van der Waals surface area contributed by atoms with Crippen molar-refractivity contribution in [1.29, 1.82) is 0 Å². The Balaban J connectivity index is 5.16. The maximum absolute atomic E-state index is 4.44. The zero-order valence-corrected chi connectivity index (χ0v) is 26.4. The van der Waals surface area contributed by atoms with E-state index in [-0.39, 0.29) is 3.42 Å². The largest absolute Gasteiger partial charge is 0.0988 e. The standard InChI is InChI=1S/C25H47I3/c1-10-22(13-12-16-26)21(8)20(7)14-15-25(28,19(5)6)17-24(9,27)23(11-2)18(3)4/h18,20-23H,5,10-17H2,1-4,6-9H3/t20?,21?,22?,23-,24?,25-/m0/s1. The molecule has 0 heterocycles. The Kier molecular flexibility index (Phi) is 15.1. The molecule has 28 heavy (non-hydrogen) atoms. The molecule has 0 aliphatic heterocycles. The van der Waals surface area contributed by atoms with Crippen LogP contribution >= 0.6 is 67.8 Å². The fraction of sp³-hybridized carbons (Fsp3) is 0.920. The fourth-order valence-electron chi connectivity index (χ4n) is 5.09. The van der Waals surface area contributed by atoms with E-state index in [1.54, 1.807) is 0 Å². The molecule has 0 amide bonds. The molecule has 0 saturated carbocycles. The molecular formula is C25H47I3. The molecule has 0 aliphatic rings. The Hall–Kier alpha value is 1.93. The number of allylic oxidation sites excluding steroid dienone is 1. The van der Waals surface area contributed by atoms with Gasteiger partial charge in [-0.25, -0.2) is 0 Å². The van der Waals surface area contributed by atoms with Crippen LogP contribution in [0.3, 0.4) is 0 Å². The lowest BCUT2D eigenvalue weighted by Gasteiger charge is -2.42. The minimum atomic E-state index is 0.216. The maximum Gasteiger partial charge on any atom is 0.0437 e. The molecule has 0 bridgehead atoms. The van der Waals surface area contributed by atoms with Gasteiger partial charge in [-0.15, -0.1) is 0 Å². The zero-order valence-electron chi connectivity index (χ0n) is 19.9. The second-order valence-corrected chi connectivity index (χ2v) is 15.4. The van der Waals surface area contributed by atoms with Crippen molar-refractivity contribution in [2.24, 2.45) is 29.6 Å². The molecule has 0 aromatic carbocycles. The van der Waals surface area contributed by atoms with Crippen molar-refractivity contribution in [2.45, 2.75) is 107 Å². The predicted molar refractivity (Wildman–Crippen MR) is 157 cm³/mol. The molecule has 0 aromatic rings. The fourth-order valence-corrected chi connectivity index (χ4v) is 9.17. The second kappa shape index (κ2) is 14.2. The molecule has 0 aromatic heterocycles. The van der Waals surface area contributed by atoms with E-state index < -0.39 is 0 Å². The van der Waals surface area contributed by atoms with Gasteiger partial charge in [0.15, 0.2) is 0 Å². The van der Waals surface area contributed by atoms with Crippen LogP contribution < -0.4 is 0 Å². The Morgan fingerprint density at radius 1 is 1.00 bits per heavy atom. The normalized spacial score (nSPS) is 20.9. The first-order valence-corrected chi connectivity index (χ1v) is 15.1. The number of hydrogen-bond acceptors (Lipinski definition) is 0. The average Bonchev–Trinajstić information content (AvgIpc) is 2.59. The van der Waals surface area contributed by atoms with E-state index in [0.29, 0.717) is 3.42 Å². The highest BCUT2D eigenvalue weighted by Gasteiger charge is 2.41. The van der Waals surface area contributed by atoms with Crippen LogP contribution in [0, 0.1) is 29.6 Å². The molecule has 0 spiro atoms. The molecule has 0 aliphatic carbocycles. The molecule has 6 atom stereocenters. The molecular weight excluding hydrogens is 681 g/mol. The topological polar surface area (TPSA) is 0 Å². The minimum Gasteiger partial charge on any atom is -0.0988 e. The summed E-state index contributed by atoms with van der Waals surface area (Å²) in [7, 11) is 0. The van der Waals surface area contributed by atoms with Crippen LogP contribution in [0.25, 0.3) is 0 Å². The van der Waals surface area contributed by atoms with Crippen LogP contribution in [0.1, 0.15) is 100 Å². The SMILES string of the molecule is C=C(C)[C@](I)(CCC(C)C(C)C(CC)CCCI)CC(C)(I)[C@@H](CC)C(C)C. The van der Waals surface area contributed by atoms with Crippen molar-refractivity contribution < 1.29 is 0 Å². The van der Waals surface area contributed by atoms with Crippen LogP contribution in [-0.2, 0) is 0 Å². The van der Waals surface area contributed by atoms with Gasteiger partial charge in [0, 0.05) is 6.84 Å². The highest BCUT2D eigenvalue weighted by molar-refractivity contribution is 14.1. The second-order valence-electron chi connectivity index (χ2n) is 9.83. The first-order chi connectivity index (χ1) is 12.9. The van der Waals surface area contributed by atoms with Crippen molar-refractivity contribution >= 4 is 67.8 Å².